The van der Waals surface area contributed by atoms with Gasteiger partial charge in [0.05, 0.1) is 12.0 Å². The standard InChI is InChI=1S/C25H28N2O3/c1-25(2)12-11-17-5-3-4-6-20(17)21(15-25)26-23(29)18-9-7-16(8-10-18)13-19-14-22(28)27-24(19)30/h3-10,19,21H,11-15H2,1-2H3,(H,26,29)(H,27,28,30)/t19-,21-/m1/s1. The predicted molar refractivity (Wildman–Crippen MR) is 115 cm³/mol. The Morgan fingerprint density at radius 3 is 2.53 bits per heavy atom. The minimum Gasteiger partial charge on any atom is -0.345 e. The van der Waals surface area contributed by atoms with Crippen molar-refractivity contribution >= 4 is 17.7 Å². The second kappa shape index (κ2) is 8.05. The van der Waals surface area contributed by atoms with Crippen LogP contribution in [0.2, 0.25) is 0 Å². The van der Waals surface area contributed by atoms with E-state index in [-0.39, 0.29) is 41.5 Å². The Morgan fingerprint density at radius 2 is 1.83 bits per heavy atom. The number of rotatable bonds is 4. The van der Waals surface area contributed by atoms with Crippen molar-refractivity contribution in [2.45, 2.75) is 52.0 Å². The van der Waals surface area contributed by atoms with Gasteiger partial charge in [0.15, 0.2) is 0 Å². The van der Waals surface area contributed by atoms with E-state index < -0.39 is 0 Å². The molecule has 2 aliphatic rings. The normalized spacial score (nSPS) is 22.7. The Balaban J connectivity index is 1.47. The third-order valence-electron chi connectivity index (χ3n) is 6.33. The number of aryl methyl sites for hydroxylation is 1. The fraction of sp³-hybridized carbons (Fsp3) is 0.400. The van der Waals surface area contributed by atoms with Gasteiger partial charge in [-0.25, -0.2) is 0 Å². The first-order valence-electron chi connectivity index (χ1n) is 10.6. The number of nitrogens with one attached hydrogen (secondary N) is 2. The van der Waals surface area contributed by atoms with Gasteiger partial charge in [-0.2, -0.15) is 0 Å². The van der Waals surface area contributed by atoms with Crippen LogP contribution >= 0.6 is 0 Å². The lowest BCUT2D eigenvalue weighted by Crippen LogP contribution is -2.31. The van der Waals surface area contributed by atoms with Gasteiger partial charge in [-0.1, -0.05) is 50.2 Å². The van der Waals surface area contributed by atoms with Crippen LogP contribution in [0.15, 0.2) is 48.5 Å². The van der Waals surface area contributed by atoms with E-state index >= 15 is 0 Å². The van der Waals surface area contributed by atoms with E-state index in [1.54, 1.807) is 12.1 Å². The van der Waals surface area contributed by atoms with Crippen LogP contribution < -0.4 is 10.6 Å². The quantitative estimate of drug-likeness (QED) is 0.602. The SMILES string of the molecule is CC1(C)CCc2ccccc2[C@H](NC(=O)c2ccc(C[C@@H]3CC(=O)NC3=O)cc2)C1. The second-order valence-electron chi connectivity index (χ2n) is 9.31. The number of benzene rings is 2. The van der Waals surface area contributed by atoms with Crippen LogP contribution in [-0.4, -0.2) is 17.7 Å². The number of hydrogen-bond acceptors (Lipinski definition) is 3. The molecule has 0 unspecified atom stereocenters. The lowest BCUT2D eigenvalue weighted by atomic mass is 9.83. The molecule has 5 heteroatoms. The Labute approximate surface area is 177 Å². The number of imide groups is 1. The summed E-state index contributed by atoms with van der Waals surface area (Å²) in [6, 6.07) is 15.7. The highest BCUT2D eigenvalue weighted by molar-refractivity contribution is 6.03. The Bertz CT molecular complexity index is 978. The highest BCUT2D eigenvalue weighted by Gasteiger charge is 2.31. The molecule has 0 saturated carbocycles. The molecule has 2 aromatic carbocycles. The van der Waals surface area contributed by atoms with Crippen molar-refractivity contribution < 1.29 is 14.4 Å². The molecule has 0 spiro atoms. The van der Waals surface area contributed by atoms with E-state index in [4.69, 9.17) is 0 Å². The van der Waals surface area contributed by atoms with E-state index in [2.05, 4.69) is 42.7 Å². The molecule has 2 aromatic rings. The van der Waals surface area contributed by atoms with E-state index in [0.29, 0.717) is 12.0 Å². The second-order valence-corrected chi connectivity index (χ2v) is 9.31. The summed E-state index contributed by atoms with van der Waals surface area (Å²) in [5, 5.41) is 5.58. The fourth-order valence-electron chi connectivity index (χ4n) is 4.56. The predicted octanol–water partition coefficient (Wildman–Crippen LogP) is 3.73. The number of hydrogen-bond donors (Lipinski definition) is 2. The molecule has 1 aliphatic heterocycles. The molecule has 156 valence electrons. The summed E-state index contributed by atoms with van der Waals surface area (Å²) in [6.07, 6.45) is 3.77. The van der Waals surface area contributed by atoms with Crippen molar-refractivity contribution in [1.82, 2.24) is 10.6 Å². The summed E-state index contributed by atoms with van der Waals surface area (Å²) in [7, 11) is 0. The van der Waals surface area contributed by atoms with Crippen LogP contribution in [0.1, 0.15) is 66.2 Å². The van der Waals surface area contributed by atoms with Gasteiger partial charge in [-0.3, -0.25) is 19.7 Å². The Hall–Kier alpha value is -2.95. The van der Waals surface area contributed by atoms with Gasteiger partial charge < -0.3 is 5.32 Å². The average molecular weight is 405 g/mol. The first-order chi connectivity index (χ1) is 14.3. The topological polar surface area (TPSA) is 75.3 Å². The van der Waals surface area contributed by atoms with Gasteiger partial charge in [0.1, 0.15) is 0 Å². The van der Waals surface area contributed by atoms with E-state index in [0.717, 1.165) is 24.8 Å². The molecule has 30 heavy (non-hydrogen) atoms. The highest BCUT2D eigenvalue weighted by atomic mass is 16.2. The molecule has 3 amide bonds. The van der Waals surface area contributed by atoms with Crippen LogP contribution in [0, 0.1) is 11.3 Å². The zero-order chi connectivity index (χ0) is 21.3. The molecule has 5 nitrogen and oxygen atoms in total. The first-order valence-corrected chi connectivity index (χ1v) is 10.6. The molecule has 4 rings (SSSR count). The van der Waals surface area contributed by atoms with Gasteiger partial charge in [0, 0.05) is 12.0 Å². The number of carbonyl (C=O) groups is 3. The first kappa shape index (κ1) is 20.3. The molecule has 2 N–H and O–H groups in total. The zero-order valence-corrected chi connectivity index (χ0v) is 17.5. The van der Waals surface area contributed by atoms with E-state index in [9.17, 15) is 14.4 Å². The molecule has 1 fully saturated rings. The summed E-state index contributed by atoms with van der Waals surface area (Å²) >= 11 is 0. The Morgan fingerprint density at radius 1 is 1.10 bits per heavy atom. The molecule has 0 bridgehead atoms. The highest BCUT2D eigenvalue weighted by Crippen LogP contribution is 2.39. The number of amides is 3. The van der Waals surface area contributed by atoms with Gasteiger partial charge in [-0.15, -0.1) is 0 Å². The largest absolute Gasteiger partial charge is 0.345 e. The summed E-state index contributed by atoms with van der Waals surface area (Å²) < 4.78 is 0. The maximum Gasteiger partial charge on any atom is 0.251 e. The summed E-state index contributed by atoms with van der Waals surface area (Å²) in [6.45, 7) is 4.52. The van der Waals surface area contributed by atoms with Crippen molar-refractivity contribution in [2.24, 2.45) is 11.3 Å². The van der Waals surface area contributed by atoms with Gasteiger partial charge in [0.2, 0.25) is 11.8 Å². The molecule has 0 aromatic heterocycles. The molecule has 2 atom stereocenters. The monoisotopic (exact) mass is 404 g/mol. The fourth-order valence-corrected chi connectivity index (χ4v) is 4.56. The minimum absolute atomic E-state index is 0.0147. The molecule has 0 radical (unpaired) electrons. The molecule has 1 saturated heterocycles. The molecular weight excluding hydrogens is 376 g/mol. The summed E-state index contributed by atoms with van der Waals surface area (Å²) in [4.78, 5) is 36.1. The number of carbonyl (C=O) groups excluding carboxylic acids is 3. The minimum atomic E-state index is -0.318. The average Bonchev–Trinajstić information content (AvgIpc) is 2.96. The zero-order valence-electron chi connectivity index (χ0n) is 17.5. The molecule has 1 aliphatic carbocycles. The summed E-state index contributed by atoms with van der Waals surface area (Å²) in [5.41, 5.74) is 4.23. The Kier molecular flexibility index (Phi) is 5.46. The summed E-state index contributed by atoms with van der Waals surface area (Å²) in [5.74, 6) is -0.834. The molecule has 1 heterocycles. The van der Waals surface area contributed by atoms with Crippen LogP contribution in [0.3, 0.4) is 0 Å². The third kappa shape index (κ3) is 4.45. The van der Waals surface area contributed by atoms with Crippen molar-refractivity contribution in [3.8, 4) is 0 Å². The van der Waals surface area contributed by atoms with Crippen molar-refractivity contribution in [1.29, 1.82) is 0 Å². The van der Waals surface area contributed by atoms with Crippen LogP contribution in [0.25, 0.3) is 0 Å². The van der Waals surface area contributed by atoms with Crippen molar-refractivity contribution in [2.75, 3.05) is 0 Å². The van der Waals surface area contributed by atoms with Crippen LogP contribution in [-0.2, 0) is 22.4 Å². The van der Waals surface area contributed by atoms with E-state index in [1.165, 1.54) is 11.1 Å². The molecular formula is C25H28N2O3. The maximum atomic E-state index is 13.0. The smallest absolute Gasteiger partial charge is 0.251 e. The third-order valence-corrected chi connectivity index (χ3v) is 6.33. The van der Waals surface area contributed by atoms with E-state index in [1.807, 2.05) is 18.2 Å². The van der Waals surface area contributed by atoms with Gasteiger partial charge in [-0.05, 0) is 59.9 Å². The van der Waals surface area contributed by atoms with Crippen molar-refractivity contribution in [3.05, 3.63) is 70.8 Å². The van der Waals surface area contributed by atoms with Crippen molar-refractivity contribution in [3.63, 3.8) is 0 Å². The maximum absolute atomic E-state index is 13.0. The van der Waals surface area contributed by atoms with Gasteiger partial charge >= 0.3 is 0 Å². The lowest BCUT2D eigenvalue weighted by molar-refractivity contribution is -0.125. The lowest BCUT2D eigenvalue weighted by Gasteiger charge is -2.27. The van der Waals surface area contributed by atoms with Crippen LogP contribution in [0.4, 0.5) is 0 Å². The number of fused-ring (bicyclic) bond motifs is 1. The van der Waals surface area contributed by atoms with Gasteiger partial charge in [0.25, 0.3) is 5.91 Å². The van der Waals surface area contributed by atoms with Crippen LogP contribution in [0.5, 0.6) is 0 Å².